The molecule has 3 saturated heterocycles. The smallest absolute Gasteiger partial charge is 0.118 e. The molecular weight excluding hydrogens is 358 g/mol. The van der Waals surface area contributed by atoms with Crippen LogP contribution in [0.15, 0.2) is 46.9 Å². The van der Waals surface area contributed by atoms with Gasteiger partial charge in [-0.2, -0.15) is 0 Å². The fraction of sp³-hybridized carbons (Fsp3) is 0.600. The molecule has 0 unspecified atom stereocenters. The molecule has 0 radical (unpaired) electrons. The van der Waals surface area contributed by atoms with Gasteiger partial charge in [0.1, 0.15) is 11.5 Å². The summed E-state index contributed by atoms with van der Waals surface area (Å²) in [5, 5.41) is 0. The second kappa shape index (κ2) is 7.57. The summed E-state index contributed by atoms with van der Waals surface area (Å²) in [7, 11) is 2.29. The third kappa shape index (κ3) is 3.67. The number of fused-ring (bicyclic) bond motifs is 1. The molecule has 4 heterocycles. The van der Waals surface area contributed by atoms with Gasteiger partial charge in [-0.3, -0.25) is 9.80 Å². The van der Waals surface area contributed by atoms with Crippen molar-refractivity contribution in [1.82, 2.24) is 14.7 Å². The minimum absolute atomic E-state index is 0.474. The van der Waals surface area contributed by atoms with E-state index < -0.39 is 0 Å². The third-order valence-corrected chi connectivity index (χ3v) is 7.78. The Kier molecular flexibility index (Phi) is 5.05. The van der Waals surface area contributed by atoms with Crippen molar-refractivity contribution >= 4 is 0 Å². The summed E-state index contributed by atoms with van der Waals surface area (Å²) in [5.74, 6) is 2.14. The predicted molar refractivity (Wildman–Crippen MR) is 117 cm³/mol. The van der Waals surface area contributed by atoms with Gasteiger partial charge in [-0.25, -0.2) is 0 Å². The topological polar surface area (TPSA) is 22.9 Å². The van der Waals surface area contributed by atoms with Crippen LogP contribution in [0.4, 0.5) is 0 Å². The molecule has 1 aromatic carbocycles. The summed E-state index contributed by atoms with van der Waals surface area (Å²) in [6.45, 7) is 11.6. The number of hydrogen-bond acceptors (Lipinski definition) is 4. The lowest BCUT2D eigenvalue weighted by atomic mass is 9.58. The van der Waals surface area contributed by atoms with Gasteiger partial charge in [-0.15, -0.1) is 0 Å². The zero-order valence-electron chi connectivity index (χ0n) is 18.1. The van der Waals surface area contributed by atoms with E-state index in [0.717, 1.165) is 24.6 Å². The van der Waals surface area contributed by atoms with Crippen LogP contribution in [-0.4, -0.2) is 61.0 Å². The Balaban J connectivity index is 1.30. The van der Waals surface area contributed by atoms with E-state index in [2.05, 4.69) is 64.2 Å². The molecule has 5 rings (SSSR count). The SMILES string of the molecule is Cc1ccc(CN2CCC[C@]3(CC2)CN(Cc2ccccc2)CC32CN(C)C2)o1. The van der Waals surface area contributed by atoms with Crippen LogP contribution >= 0.6 is 0 Å². The Bertz CT molecular complexity index is 826. The molecule has 1 aromatic heterocycles. The summed E-state index contributed by atoms with van der Waals surface area (Å²) in [6, 6.07) is 15.3. The normalized spacial score (nSPS) is 28.1. The van der Waals surface area contributed by atoms with Crippen molar-refractivity contribution in [2.45, 2.75) is 39.3 Å². The Labute approximate surface area is 175 Å². The molecule has 0 N–H and O–H groups in total. The quantitative estimate of drug-likeness (QED) is 0.783. The molecule has 3 aliphatic heterocycles. The second-order valence-corrected chi connectivity index (χ2v) is 10.0. The van der Waals surface area contributed by atoms with Crippen LogP contribution in [0, 0.1) is 17.8 Å². The van der Waals surface area contributed by atoms with Gasteiger partial charge in [0.15, 0.2) is 0 Å². The number of aryl methyl sites for hydroxylation is 1. The average Bonchev–Trinajstić information content (AvgIpc) is 3.14. The van der Waals surface area contributed by atoms with Gasteiger partial charge in [-0.05, 0) is 69.4 Å². The van der Waals surface area contributed by atoms with Gasteiger partial charge >= 0.3 is 0 Å². The Hall–Kier alpha value is -1.62. The average molecular weight is 394 g/mol. The standard InChI is InChI=1S/C25H35N3O/c1-21-9-10-23(29-21)16-27-13-6-11-24(12-14-27)19-28(15-22-7-4-3-5-8-22)20-25(24)17-26(2)18-25/h3-5,7-10H,6,11-20H2,1-2H3/t24-/m0/s1. The zero-order valence-corrected chi connectivity index (χ0v) is 18.1. The number of hydrogen-bond donors (Lipinski definition) is 0. The van der Waals surface area contributed by atoms with E-state index in [0.29, 0.717) is 10.8 Å². The highest BCUT2D eigenvalue weighted by Crippen LogP contribution is 2.57. The van der Waals surface area contributed by atoms with Crippen LogP contribution in [0.2, 0.25) is 0 Å². The Morgan fingerprint density at radius 3 is 2.34 bits per heavy atom. The molecule has 0 aliphatic carbocycles. The number of benzene rings is 1. The van der Waals surface area contributed by atoms with Crippen LogP contribution < -0.4 is 0 Å². The fourth-order valence-corrected chi connectivity index (χ4v) is 6.51. The third-order valence-electron chi connectivity index (χ3n) is 7.78. The van der Waals surface area contributed by atoms with Crippen LogP contribution in [0.3, 0.4) is 0 Å². The maximum absolute atomic E-state index is 5.86. The minimum Gasteiger partial charge on any atom is -0.465 e. The van der Waals surface area contributed by atoms with E-state index in [-0.39, 0.29) is 0 Å². The summed E-state index contributed by atoms with van der Waals surface area (Å²) < 4.78 is 5.86. The number of rotatable bonds is 4. The molecule has 0 amide bonds. The monoisotopic (exact) mass is 393 g/mol. The van der Waals surface area contributed by atoms with Crippen molar-refractivity contribution in [2.75, 3.05) is 46.3 Å². The van der Waals surface area contributed by atoms with Gasteiger partial charge in [-0.1, -0.05) is 30.3 Å². The lowest BCUT2D eigenvalue weighted by Gasteiger charge is -2.56. The zero-order chi connectivity index (χ0) is 19.9. The maximum atomic E-state index is 5.86. The van der Waals surface area contributed by atoms with Crippen molar-refractivity contribution < 1.29 is 4.42 Å². The van der Waals surface area contributed by atoms with E-state index in [1.165, 1.54) is 64.1 Å². The molecule has 3 fully saturated rings. The van der Waals surface area contributed by atoms with Gasteiger partial charge in [0.2, 0.25) is 0 Å². The van der Waals surface area contributed by atoms with E-state index >= 15 is 0 Å². The van der Waals surface area contributed by atoms with E-state index in [1.807, 2.05) is 6.92 Å². The first-order chi connectivity index (χ1) is 14.1. The van der Waals surface area contributed by atoms with Crippen molar-refractivity contribution in [1.29, 1.82) is 0 Å². The first kappa shape index (κ1) is 19.3. The van der Waals surface area contributed by atoms with Crippen molar-refractivity contribution in [3.63, 3.8) is 0 Å². The molecule has 3 aliphatic rings. The van der Waals surface area contributed by atoms with Gasteiger partial charge in [0, 0.05) is 38.1 Å². The highest BCUT2D eigenvalue weighted by Gasteiger charge is 2.61. The lowest BCUT2D eigenvalue weighted by Crippen LogP contribution is -2.63. The van der Waals surface area contributed by atoms with Gasteiger partial charge in [0.05, 0.1) is 6.54 Å². The molecule has 2 spiro atoms. The van der Waals surface area contributed by atoms with Crippen LogP contribution in [0.5, 0.6) is 0 Å². The largest absolute Gasteiger partial charge is 0.465 e. The van der Waals surface area contributed by atoms with Crippen LogP contribution in [0.1, 0.15) is 36.3 Å². The van der Waals surface area contributed by atoms with Crippen molar-refractivity contribution in [3.8, 4) is 0 Å². The van der Waals surface area contributed by atoms with Crippen molar-refractivity contribution in [3.05, 3.63) is 59.5 Å². The van der Waals surface area contributed by atoms with Gasteiger partial charge in [0.25, 0.3) is 0 Å². The van der Waals surface area contributed by atoms with Gasteiger partial charge < -0.3 is 9.32 Å². The highest BCUT2D eigenvalue weighted by atomic mass is 16.3. The van der Waals surface area contributed by atoms with E-state index in [9.17, 15) is 0 Å². The highest BCUT2D eigenvalue weighted by molar-refractivity contribution is 5.18. The van der Waals surface area contributed by atoms with E-state index in [4.69, 9.17) is 4.42 Å². The summed E-state index contributed by atoms with van der Waals surface area (Å²) >= 11 is 0. The maximum Gasteiger partial charge on any atom is 0.118 e. The minimum atomic E-state index is 0.474. The Morgan fingerprint density at radius 1 is 0.828 bits per heavy atom. The first-order valence-electron chi connectivity index (χ1n) is 11.3. The molecule has 29 heavy (non-hydrogen) atoms. The molecule has 2 aromatic rings. The first-order valence-corrected chi connectivity index (χ1v) is 11.3. The molecule has 0 saturated carbocycles. The molecule has 4 heteroatoms. The van der Waals surface area contributed by atoms with E-state index in [1.54, 1.807) is 0 Å². The summed E-state index contributed by atoms with van der Waals surface area (Å²) in [5.41, 5.74) is 2.42. The van der Waals surface area contributed by atoms with Crippen LogP contribution in [-0.2, 0) is 13.1 Å². The summed E-state index contributed by atoms with van der Waals surface area (Å²) in [6.07, 6.45) is 4.01. The van der Waals surface area contributed by atoms with Crippen molar-refractivity contribution in [2.24, 2.45) is 10.8 Å². The lowest BCUT2D eigenvalue weighted by molar-refractivity contribution is -0.0637. The van der Waals surface area contributed by atoms with Crippen LogP contribution in [0.25, 0.3) is 0 Å². The molecule has 156 valence electrons. The molecular formula is C25H35N3O. The molecule has 1 atom stereocenters. The summed E-state index contributed by atoms with van der Waals surface area (Å²) in [4.78, 5) is 7.92. The number of likely N-dealkylation sites (tertiary alicyclic amines) is 3. The predicted octanol–water partition coefficient (Wildman–Crippen LogP) is 4.01. The second-order valence-electron chi connectivity index (χ2n) is 10.0. The Morgan fingerprint density at radius 2 is 1.62 bits per heavy atom. The fourth-order valence-electron chi connectivity index (χ4n) is 6.51. The number of furan rings is 1. The molecule has 0 bridgehead atoms. The molecule has 4 nitrogen and oxygen atoms in total. The number of nitrogens with zero attached hydrogens (tertiary/aromatic N) is 3.